The topological polar surface area (TPSA) is 55.4 Å². The maximum absolute atomic E-state index is 13.3. The Hall–Kier alpha value is -2.93. The normalized spacial score (nSPS) is 18.0. The van der Waals surface area contributed by atoms with Gasteiger partial charge in [0.1, 0.15) is 0 Å². The van der Waals surface area contributed by atoms with Crippen molar-refractivity contribution in [3.05, 3.63) is 77.1 Å². The minimum Gasteiger partial charge on any atom is -0.346 e. The van der Waals surface area contributed by atoms with E-state index in [2.05, 4.69) is 31.6 Å². The van der Waals surface area contributed by atoms with Gasteiger partial charge in [-0.05, 0) is 59.5 Å². The molecular formula is C21H21N5OS. The molecule has 0 N–H and O–H groups in total. The minimum absolute atomic E-state index is 0.0160. The van der Waals surface area contributed by atoms with Crippen LogP contribution in [-0.2, 0) is 4.79 Å². The molecule has 5 heterocycles. The van der Waals surface area contributed by atoms with Crippen LogP contribution in [-0.4, -0.2) is 36.5 Å². The van der Waals surface area contributed by atoms with Gasteiger partial charge in [0.05, 0.1) is 18.5 Å². The van der Waals surface area contributed by atoms with E-state index in [1.54, 1.807) is 11.3 Å². The van der Waals surface area contributed by atoms with Gasteiger partial charge in [-0.3, -0.25) is 9.20 Å². The molecule has 0 saturated carbocycles. The summed E-state index contributed by atoms with van der Waals surface area (Å²) in [5, 5.41) is 12.9. The summed E-state index contributed by atoms with van der Waals surface area (Å²) in [5.74, 6) is 1.02. The molecule has 1 aliphatic heterocycles. The lowest BCUT2D eigenvalue weighted by atomic mass is 10.1. The van der Waals surface area contributed by atoms with Crippen molar-refractivity contribution in [2.45, 2.75) is 31.3 Å². The Labute approximate surface area is 167 Å². The first-order chi connectivity index (χ1) is 13.8. The molecule has 7 heteroatoms. The van der Waals surface area contributed by atoms with E-state index in [-0.39, 0.29) is 18.0 Å². The molecule has 1 aliphatic rings. The average Bonchev–Trinajstić information content (AvgIpc) is 3.52. The number of fused-ring (bicyclic) bond motifs is 1. The third kappa shape index (κ3) is 3.01. The average molecular weight is 392 g/mol. The largest absolute Gasteiger partial charge is 0.346 e. The molecule has 28 heavy (non-hydrogen) atoms. The van der Waals surface area contributed by atoms with E-state index in [1.165, 1.54) is 5.56 Å². The van der Waals surface area contributed by atoms with Crippen molar-refractivity contribution < 1.29 is 4.79 Å². The monoisotopic (exact) mass is 391 g/mol. The molecule has 0 bridgehead atoms. The van der Waals surface area contributed by atoms with Gasteiger partial charge in [0.15, 0.2) is 11.5 Å². The molecule has 1 saturated heterocycles. The zero-order chi connectivity index (χ0) is 18.9. The van der Waals surface area contributed by atoms with Crippen LogP contribution in [0.1, 0.15) is 42.7 Å². The minimum atomic E-state index is -0.0160. The molecule has 0 radical (unpaired) electrons. The lowest BCUT2D eigenvalue weighted by Gasteiger charge is -2.26. The van der Waals surface area contributed by atoms with E-state index in [9.17, 15) is 4.79 Å². The van der Waals surface area contributed by atoms with Gasteiger partial charge in [-0.25, -0.2) is 0 Å². The van der Waals surface area contributed by atoms with Gasteiger partial charge in [0, 0.05) is 25.1 Å². The quantitative estimate of drug-likeness (QED) is 0.518. The highest BCUT2D eigenvalue weighted by Crippen LogP contribution is 2.34. The Morgan fingerprint density at radius 1 is 1.14 bits per heavy atom. The van der Waals surface area contributed by atoms with E-state index in [1.807, 2.05) is 58.2 Å². The van der Waals surface area contributed by atoms with Crippen LogP contribution < -0.4 is 0 Å². The summed E-state index contributed by atoms with van der Waals surface area (Å²) in [4.78, 5) is 15.3. The smallest absolute Gasteiger partial charge is 0.225 e. The summed E-state index contributed by atoms with van der Waals surface area (Å²) in [5.41, 5.74) is 2.00. The number of hydrogen-bond donors (Lipinski definition) is 0. The van der Waals surface area contributed by atoms with Crippen LogP contribution in [0.25, 0.3) is 5.65 Å². The van der Waals surface area contributed by atoms with Crippen LogP contribution >= 0.6 is 11.3 Å². The fraction of sp³-hybridized carbons (Fsp3) is 0.286. The summed E-state index contributed by atoms with van der Waals surface area (Å²) in [7, 11) is 0. The first-order valence-electron chi connectivity index (χ1n) is 9.55. The molecule has 142 valence electrons. The van der Waals surface area contributed by atoms with E-state index in [4.69, 9.17) is 0 Å². The first-order valence-corrected chi connectivity index (χ1v) is 10.5. The Morgan fingerprint density at radius 2 is 2.00 bits per heavy atom. The number of likely N-dealkylation sites (tertiary alicyclic amines) is 1. The number of nitrogens with zero attached hydrogens (tertiary/aromatic N) is 5. The highest BCUT2D eigenvalue weighted by atomic mass is 32.1. The van der Waals surface area contributed by atoms with Gasteiger partial charge in [-0.2, -0.15) is 11.3 Å². The van der Waals surface area contributed by atoms with Crippen molar-refractivity contribution in [3.8, 4) is 0 Å². The number of rotatable bonds is 5. The number of hydrogen-bond acceptors (Lipinski definition) is 4. The molecule has 0 aromatic carbocycles. The Kier molecular flexibility index (Phi) is 4.44. The fourth-order valence-electron chi connectivity index (χ4n) is 4.12. The summed E-state index contributed by atoms with van der Waals surface area (Å²) < 4.78 is 4.12. The van der Waals surface area contributed by atoms with Crippen molar-refractivity contribution in [1.29, 1.82) is 0 Å². The Morgan fingerprint density at radius 3 is 2.82 bits per heavy atom. The number of amides is 1. The van der Waals surface area contributed by atoms with Gasteiger partial charge in [0.2, 0.25) is 5.91 Å². The zero-order valence-corrected chi connectivity index (χ0v) is 16.2. The second-order valence-corrected chi connectivity index (χ2v) is 7.92. The molecule has 2 unspecified atom stereocenters. The van der Waals surface area contributed by atoms with Gasteiger partial charge < -0.3 is 9.47 Å². The molecule has 0 spiro atoms. The number of pyridine rings is 1. The summed E-state index contributed by atoms with van der Waals surface area (Å²) in [6.07, 6.45) is 8.39. The standard InChI is InChI=1S/C21H21N5OS/c27-20(14-18(16-8-13-28-15-16)24-9-3-4-10-24)25-12-5-6-17(25)21-23-22-19-7-1-2-11-26(19)21/h1-4,7-11,13,15,17-18H,5-6,12,14H2. The number of thiophene rings is 1. The number of carbonyl (C=O) groups excluding carboxylic acids is 1. The van der Waals surface area contributed by atoms with Crippen molar-refractivity contribution >= 4 is 22.9 Å². The zero-order valence-electron chi connectivity index (χ0n) is 15.4. The molecular weight excluding hydrogens is 370 g/mol. The van der Waals surface area contributed by atoms with E-state index in [0.717, 1.165) is 30.9 Å². The Balaban J connectivity index is 1.42. The van der Waals surface area contributed by atoms with Crippen molar-refractivity contribution in [2.75, 3.05) is 6.54 Å². The SMILES string of the molecule is O=C(CC(c1ccsc1)n1cccc1)N1CCCC1c1nnc2ccccn12. The van der Waals surface area contributed by atoms with Crippen LogP contribution in [0.4, 0.5) is 0 Å². The maximum atomic E-state index is 13.3. The lowest BCUT2D eigenvalue weighted by Crippen LogP contribution is -2.33. The molecule has 0 aliphatic carbocycles. The van der Waals surface area contributed by atoms with Crippen molar-refractivity contribution in [1.82, 2.24) is 24.1 Å². The van der Waals surface area contributed by atoms with Crippen molar-refractivity contribution in [3.63, 3.8) is 0 Å². The number of aromatic nitrogens is 4. The van der Waals surface area contributed by atoms with Gasteiger partial charge >= 0.3 is 0 Å². The van der Waals surface area contributed by atoms with Crippen LogP contribution in [0.5, 0.6) is 0 Å². The van der Waals surface area contributed by atoms with Crippen LogP contribution in [0.3, 0.4) is 0 Å². The van der Waals surface area contributed by atoms with Crippen LogP contribution in [0.15, 0.2) is 65.7 Å². The Bertz CT molecular complexity index is 1040. The predicted molar refractivity (Wildman–Crippen MR) is 108 cm³/mol. The maximum Gasteiger partial charge on any atom is 0.225 e. The van der Waals surface area contributed by atoms with Crippen LogP contribution in [0.2, 0.25) is 0 Å². The van der Waals surface area contributed by atoms with E-state index >= 15 is 0 Å². The fourth-order valence-corrected chi connectivity index (χ4v) is 4.83. The molecule has 2 atom stereocenters. The third-order valence-corrected chi connectivity index (χ3v) is 6.20. The second kappa shape index (κ2) is 7.24. The molecule has 6 nitrogen and oxygen atoms in total. The van der Waals surface area contributed by atoms with Gasteiger partial charge in [-0.1, -0.05) is 6.07 Å². The number of carbonyl (C=O) groups is 1. The molecule has 4 aromatic heterocycles. The molecule has 1 fully saturated rings. The highest BCUT2D eigenvalue weighted by molar-refractivity contribution is 7.08. The third-order valence-electron chi connectivity index (χ3n) is 5.49. The first kappa shape index (κ1) is 17.2. The molecule has 5 rings (SSSR count). The van der Waals surface area contributed by atoms with Crippen molar-refractivity contribution in [2.24, 2.45) is 0 Å². The van der Waals surface area contributed by atoms with Crippen LogP contribution in [0, 0.1) is 0 Å². The van der Waals surface area contributed by atoms with E-state index < -0.39 is 0 Å². The summed E-state index contributed by atoms with van der Waals surface area (Å²) >= 11 is 1.66. The second-order valence-electron chi connectivity index (χ2n) is 7.14. The van der Waals surface area contributed by atoms with E-state index in [0.29, 0.717) is 6.42 Å². The highest BCUT2D eigenvalue weighted by Gasteiger charge is 2.34. The predicted octanol–water partition coefficient (Wildman–Crippen LogP) is 3.94. The summed E-state index contributed by atoms with van der Waals surface area (Å²) in [6, 6.07) is 12.0. The van der Waals surface area contributed by atoms with Gasteiger partial charge in [0.25, 0.3) is 0 Å². The van der Waals surface area contributed by atoms with Gasteiger partial charge in [-0.15, -0.1) is 10.2 Å². The lowest BCUT2D eigenvalue weighted by molar-refractivity contribution is -0.132. The molecule has 4 aromatic rings. The molecule has 1 amide bonds. The summed E-state index contributed by atoms with van der Waals surface area (Å²) in [6.45, 7) is 0.771.